The van der Waals surface area contributed by atoms with Gasteiger partial charge in [-0.15, -0.1) is 0 Å². The summed E-state index contributed by atoms with van der Waals surface area (Å²) in [6.07, 6.45) is 5.76. The Balaban J connectivity index is 1.63. The summed E-state index contributed by atoms with van der Waals surface area (Å²) < 4.78 is 5.52. The highest BCUT2D eigenvalue weighted by Gasteiger charge is 2.37. The Morgan fingerprint density at radius 3 is 2.79 bits per heavy atom. The minimum Gasteiger partial charge on any atom is -0.496 e. The largest absolute Gasteiger partial charge is 0.496 e. The number of nitrogens with zero attached hydrogens (tertiary/aromatic N) is 5. The summed E-state index contributed by atoms with van der Waals surface area (Å²) >= 11 is 6.45. The lowest BCUT2D eigenvalue weighted by molar-refractivity contribution is -0.113. The second kappa shape index (κ2) is 11.2. The molecule has 0 unspecified atom stereocenters. The molecule has 1 aliphatic heterocycles. The van der Waals surface area contributed by atoms with Crippen molar-refractivity contribution in [1.82, 2.24) is 30.2 Å². The molecule has 0 bridgehead atoms. The lowest BCUT2D eigenvalue weighted by Crippen LogP contribution is -2.27. The molecule has 11 nitrogen and oxygen atoms in total. The average Bonchev–Trinajstić information content (AvgIpc) is 3.42. The van der Waals surface area contributed by atoms with Gasteiger partial charge in [0.25, 0.3) is 11.8 Å². The predicted molar refractivity (Wildman–Crippen MR) is 147 cm³/mol. The number of ether oxygens (including phenoxy) is 1. The number of carbonyl (C=O) groups excluding carboxylic acids is 2. The van der Waals surface area contributed by atoms with Gasteiger partial charge in [-0.25, -0.2) is 4.98 Å². The van der Waals surface area contributed by atoms with E-state index in [1.165, 1.54) is 4.90 Å². The zero-order chi connectivity index (χ0) is 27.6. The SMILES string of the molecule is COc1c(C)cnc(CN2C(=O)/C(=C\c3cc(C(=O)NCCCN(C)C)c[nH]3)c3c(Cl)nc(N)nc32)c1C. The van der Waals surface area contributed by atoms with Gasteiger partial charge in [-0.2, -0.15) is 4.98 Å². The molecule has 4 N–H and O–H groups in total. The number of aromatic amines is 1. The molecular weight excluding hydrogens is 508 g/mol. The van der Waals surface area contributed by atoms with Gasteiger partial charge >= 0.3 is 0 Å². The number of anilines is 2. The number of amides is 2. The van der Waals surface area contributed by atoms with Gasteiger partial charge in [0, 0.05) is 35.8 Å². The lowest BCUT2D eigenvalue weighted by atomic mass is 10.1. The van der Waals surface area contributed by atoms with Crippen molar-refractivity contribution in [3.63, 3.8) is 0 Å². The van der Waals surface area contributed by atoms with E-state index in [0.29, 0.717) is 40.6 Å². The van der Waals surface area contributed by atoms with E-state index in [4.69, 9.17) is 22.1 Å². The molecule has 0 spiro atoms. The third-order valence-electron chi connectivity index (χ3n) is 6.26. The van der Waals surface area contributed by atoms with Crippen LogP contribution in [0.15, 0.2) is 18.5 Å². The van der Waals surface area contributed by atoms with Crippen molar-refractivity contribution in [1.29, 1.82) is 0 Å². The third-order valence-corrected chi connectivity index (χ3v) is 6.53. The Kier molecular flexibility index (Phi) is 7.98. The highest BCUT2D eigenvalue weighted by atomic mass is 35.5. The molecule has 3 aromatic heterocycles. The van der Waals surface area contributed by atoms with E-state index in [-0.39, 0.29) is 35.0 Å². The van der Waals surface area contributed by atoms with E-state index in [0.717, 1.165) is 24.1 Å². The summed E-state index contributed by atoms with van der Waals surface area (Å²) in [5.41, 5.74) is 9.89. The van der Waals surface area contributed by atoms with Crippen LogP contribution in [0.5, 0.6) is 5.75 Å². The molecule has 200 valence electrons. The number of aryl methyl sites for hydroxylation is 1. The lowest BCUT2D eigenvalue weighted by Gasteiger charge is -2.19. The van der Waals surface area contributed by atoms with Crippen LogP contribution in [0, 0.1) is 13.8 Å². The smallest absolute Gasteiger partial charge is 0.260 e. The van der Waals surface area contributed by atoms with Crippen LogP contribution < -0.4 is 20.7 Å². The number of fused-ring (bicyclic) bond motifs is 1. The third kappa shape index (κ3) is 5.48. The fourth-order valence-corrected chi connectivity index (χ4v) is 4.63. The highest BCUT2D eigenvalue weighted by molar-refractivity contribution is 6.41. The fourth-order valence-electron chi connectivity index (χ4n) is 4.36. The molecular formula is C26H31ClN8O3. The van der Waals surface area contributed by atoms with Crippen LogP contribution in [0.3, 0.4) is 0 Å². The minimum absolute atomic E-state index is 0.0490. The Bertz CT molecular complexity index is 1420. The molecule has 0 fully saturated rings. The average molecular weight is 539 g/mol. The zero-order valence-corrected chi connectivity index (χ0v) is 22.8. The highest BCUT2D eigenvalue weighted by Crippen LogP contribution is 2.41. The summed E-state index contributed by atoms with van der Waals surface area (Å²) in [6, 6.07) is 1.67. The van der Waals surface area contributed by atoms with Crippen molar-refractivity contribution in [2.24, 2.45) is 0 Å². The first-order chi connectivity index (χ1) is 18.1. The molecule has 0 radical (unpaired) electrons. The number of H-pyrrole nitrogens is 1. The van der Waals surface area contributed by atoms with Crippen molar-refractivity contribution in [2.45, 2.75) is 26.8 Å². The maximum atomic E-state index is 13.7. The molecule has 0 saturated carbocycles. The molecule has 0 aliphatic carbocycles. The monoisotopic (exact) mass is 538 g/mol. The van der Waals surface area contributed by atoms with Gasteiger partial charge in [0.1, 0.15) is 10.9 Å². The molecule has 0 aromatic carbocycles. The van der Waals surface area contributed by atoms with Crippen LogP contribution >= 0.6 is 11.6 Å². The summed E-state index contributed by atoms with van der Waals surface area (Å²) in [7, 11) is 5.56. The van der Waals surface area contributed by atoms with Gasteiger partial charge in [-0.05, 0) is 53.1 Å². The Hall–Kier alpha value is -3.96. The molecule has 4 heterocycles. The number of rotatable bonds is 9. The van der Waals surface area contributed by atoms with E-state index in [1.807, 2.05) is 27.9 Å². The number of hydrogen-bond acceptors (Lipinski definition) is 8. The van der Waals surface area contributed by atoms with Gasteiger partial charge in [0.2, 0.25) is 5.95 Å². The van der Waals surface area contributed by atoms with Crippen LogP contribution in [-0.2, 0) is 11.3 Å². The Morgan fingerprint density at radius 1 is 1.32 bits per heavy atom. The van der Waals surface area contributed by atoms with Gasteiger partial charge < -0.3 is 25.7 Å². The maximum Gasteiger partial charge on any atom is 0.260 e. The molecule has 2 amide bonds. The first-order valence-electron chi connectivity index (χ1n) is 12.1. The predicted octanol–water partition coefficient (Wildman–Crippen LogP) is 2.83. The van der Waals surface area contributed by atoms with E-state index < -0.39 is 0 Å². The zero-order valence-electron chi connectivity index (χ0n) is 22.1. The van der Waals surface area contributed by atoms with E-state index in [1.54, 1.807) is 31.6 Å². The number of hydrogen-bond donors (Lipinski definition) is 3. The van der Waals surface area contributed by atoms with Gasteiger partial charge in [-0.3, -0.25) is 19.5 Å². The van der Waals surface area contributed by atoms with Crippen LogP contribution in [0.2, 0.25) is 5.15 Å². The number of nitrogens with one attached hydrogen (secondary N) is 2. The summed E-state index contributed by atoms with van der Waals surface area (Å²) in [6.45, 7) is 5.36. The molecule has 0 atom stereocenters. The number of methoxy groups -OCH3 is 1. The van der Waals surface area contributed by atoms with Crippen molar-refractivity contribution in [3.05, 3.63) is 57.3 Å². The molecule has 12 heteroatoms. The van der Waals surface area contributed by atoms with Crippen molar-refractivity contribution in [3.8, 4) is 5.75 Å². The van der Waals surface area contributed by atoms with Gasteiger partial charge in [-0.1, -0.05) is 11.6 Å². The number of aromatic nitrogens is 4. The van der Waals surface area contributed by atoms with Gasteiger partial charge in [0.15, 0.2) is 5.82 Å². The molecule has 0 saturated heterocycles. The topological polar surface area (TPSA) is 142 Å². The number of pyridine rings is 1. The summed E-state index contributed by atoms with van der Waals surface area (Å²) in [5.74, 6) is 0.411. The number of carbonyl (C=O) groups is 2. The Labute approximate surface area is 226 Å². The van der Waals surface area contributed by atoms with Gasteiger partial charge in [0.05, 0.1) is 36.0 Å². The molecule has 4 rings (SSSR count). The normalized spacial score (nSPS) is 13.9. The standard InChI is InChI=1S/C26H31ClN8O3/c1-14-11-31-19(15(2)21(14)38-5)13-35-23-20(22(27)32-26(28)33-23)18(25(35)37)10-17-9-16(12-30-17)24(36)29-7-6-8-34(3)4/h9-12,30H,6-8,13H2,1-5H3,(H,29,36)(H2,28,32,33)/b18-10-. The van der Waals surface area contributed by atoms with Crippen molar-refractivity contribution < 1.29 is 14.3 Å². The minimum atomic E-state index is -0.341. The number of nitrogens with two attached hydrogens (primary N) is 1. The van der Waals surface area contributed by atoms with E-state index in [9.17, 15) is 9.59 Å². The quantitative estimate of drug-likeness (QED) is 0.214. The van der Waals surface area contributed by atoms with Crippen LogP contribution in [0.4, 0.5) is 11.8 Å². The van der Waals surface area contributed by atoms with Crippen LogP contribution in [-0.4, -0.2) is 70.9 Å². The van der Waals surface area contributed by atoms with Crippen LogP contribution in [0.1, 0.15) is 44.9 Å². The molecule has 38 heavy (non-hydrogen) atoms. The number of nitrogen functional groups attached to an aromatic ring is 1. The van der Waals surface area contributed by atoms with Crippen LogP contribution in [0.25, 0.3) is 11.6 Å². The summed E-state index contributed by atoms with van der Waals surface area (Å²) in [4.78, 5) is 45.7. The second-order valence-electron chi connectivity index (χ2n) is 9.32. The Morgan fingerprint density at radius 2 is 2.08 bits per heavy atom. The summed E-state index contributed by atoms with van der Waals surface area (Å²) in [5, 5.41) is 2.96. The fraction of sp³-hybridized carbons (Fsp3) is 0.346. The maximum absolute atomic E-state index is 13.7. The van der Waals surface area contributed by atoms with E-state index >= 15 is 0 Å². The van der Waals surface area contributed by atoms with Crippen molar-refractivity contribution in [2.75, 3.05) is 44.9 Å². The molecule has 1 aliphatic rings. The molecule has 3 aromatic rings. The van der Waals surface area contributed by atoms with Crippen molar-refractivity contribution >= 4 is 46.8 Å². The first kappa shape index (κ1) is 27.1. The second-order valence-corrected chi connectivity index (χ2v) is 9.68. The first-order valence-corrected chi connectivity index (χ1v) is 12.5. The number of halogens is 1. The van der Waals surface area contributed by atoms with E-state index in [2.05, 4.69) is 30.2 Å².